The largest absolute Gasteiger partial charge is 0.457 e. The predicted octanol–water partition coefficient (Wildman–Crippen LogP) is 5.93. The lowest BCUT2D eigenvalue weighted by Gasteiger charge is -2.19. The summed E-state index contributed by atoms with van der Waals surface area (Å²) in [7, 11) is 0. The van der Waals surface area contributed by atoms with Gasteiger partial charge in [0.1, 0.15) is 11.5 Å². The Kier molecular flexibility index (Phi) is 6.22. The van der Waals surface area contributed by atoms with Gasteiger partial charge in [0.25, 0.3) is 0 Å². The molecule has 0 radical (unpaired) electrons. The van der Waals surface area contributed by atoms with E-state index in [0.717, 1.165) is 17.1 Å². The first-order valence-corrected chi connectivity index (χ1v) is 8.18. The summed E-state index contributed by atoms with van der Waals surface area (Å²) in [5.41, 5.74) is 1.12. The van der Waals surface area contributed by atoms with E-state index in [1.54, 1.807) is 0 Å². The zero-order chi connectivity index (χ0) is 15.8. The van der Waals surface area contributed by atoms with E-state index in [1.165, 1.54) is 0 Å². The fraction of sp³-hybridized carbons (Fsp3) is 0.263. The lowest BCUT2D eigenvalue weighted by molar-refractivity contribution is 0.0717. The van der Waals surface area contributed by atoms with Gasteiger partial charge >= 0.3 is 0 Å². The fourth-order valence-electron chi connectivity index (χ4n) is 1.97. The van der Waals surface area contributed by atoms with Gasteiger partial charge in [-0.2, -0.15) is 0 Å². The Morgan fingerprint density at radius 3 is 2.45 bits per heavy atom. The van der Waals surface area contributed by atoms with Gasteiger partial charge in [-0.05, 0) is 34.8 Å². The minimum absolute atomic E-state index is 0.0155. The maximum Gasteiger partial charge on any atom is 0.127 e. The molecule has 0 atom stereocenters. The van der Waals surface area contributed by atoms with Gasteiger partial charge in [-0.1, -0.05) is 66.2 Å². The molecule has 3 heteroatoms. The van der Waals surface area contributed by atoms with E-state index in [2.05, 4.69) is 35.9 Å². The van der Waals surface area contributed by atoms with Crippen molar-refractivity contribution < 1.29 is 9.47 Å². The highest BCUT2D eigenvalue weighted by Crippen LogP contribution is 2.23. The van der Waals surface area contributed by atoms with Crippen molar-refractivity contribution in [1.82, 2.24) is 0 Å². The number of benzene rings is 2. The molecular formula is C19H21BrO2. The van der Waals surface area contributed by atoms with Crippen LogP contribution in [0.3, 0.4) is 0 Å². The van der Waals surface area contributed by atoms with Crippen LogP contribution in [0.5, 0.6) is 11.5 Å². The average Bonchev–Trinajstić information content (AvgIpc) is 2.48. The maximum atomic E-state index is 5.83. The van der Waals surface area contributed by atoms with Crippen molar-refractivity contribution in [1.29, 1.82) is 0 Å². The zero-order valence-electron chi connectivity index (χ0n) is 13.0. The highest BCUT2D eigenvalue weighted by molar-refractivity contribution is 9.11. The Morgan fingerprint density at radius 2 is 1.73 bits per heavy atom. The summed E-state index contributed by atoms with van der Waals surface area (Å²) in [5, 5.41) is 0. The molecule has 22 heavy (non-hydrogen) atoms. The third kappa shape index (κ3) is 5.66. The number of rotatable bonds is 7. The third-order valence-electron chi connectivity index (χ3n) is 3.13. The molecule has 0 bridgehead atoms. The Hall–Kier alpha value is -1.58. The minimum Gasteiger partial charge on any atom is -0.457 e. The van der Waals surface area contributed by atoms with Gasteiger partial charge < -0.3 is 9.47 Å². The normalized spacial score (nSPS) is 11.8. The summed E-state index contributed by atoms with van der Waals surface area (Å²) in [6.45, 7) is 5.52. The van der Waals surface area contributed by atoms with Gasteiger partial charge in [-0.25, -0.2) is 0 Å². The monoisotopic (exact) mass is 360 g/mol. The van der Waals surface area contributed by atoms with Gasteiger partial charge in [0, 0.05) is 5.41 Å². The standard InChI is InChI=1S/C19H21BrO2/c1-19(2,11-12-20)15-21-14-16-7-6-10-18(13-16)22-17-8-4-3-5-9-17/h3-13H,14-15H2,1-2H3. The lowest BCUT2D eigenvalue weighted by Crippen LogP contribution is -2.16. The summed E-state index contributed by atoms with van der Waals surface area (Å²) in [5.74, 6) is 1.66. The molecule has 2 nitrogen and oxygen atoms in total. The average molecular weight is 361 g/mol. The van der Waals surface area contributed by atoms with Crippen molar-refractivity contribution in [2.45, 2.75) is 20.5 Å². The van der Waals surface area contributed by atoms with Gasteiger partial charge in [-0.3, -0.25) is 0 Å². The number of ether oxygens (including phenoxy) is 2. The van der Waals surface area contributed by atoms with Crippen LogP contribution in [0, 0.1) is 5.41 Å². The second-order valence-corrected chi connectivity index (χ2v) is 6.37. The third-order valence-corrected chi connectivity index (χ3v) is 3.40. The number of halogens is 1. The van der Waals surface area contributed by atoms with Crippen LogP contribution < -0.4 is 4.74 Å². The van der Waals surface area contributed by atoms with Crippen molar-refractivity contribution in [3.05, 3.63) is 71.2 Å². The molecule has 0 spiro atoms. The van der Waals surface area contributed by atoms with Crippen molar-refractivity contribution in [3.8, 4) is 11.5 Å². The number of para-hydroxylation sites is 1. The molecule has 2 aromatic carbocycles. The van der Waals surface area contributed by atoms with Crippen molar-refractivity contribution >= 4 is 15.9 Å². The molecule has 2 rings (SSSR count). The van der Waals surface area contributed by atoms with Crippen LogP contribution in [0.2, 0.25) is 0 Å². The van der Waals surface area contributed by atoms with Gasteiger partial charge in [0.15, 0.2) is 0 Å². The smallest absolute Gasteiger partial charge is 0.127 e. The Labute approximate surface area is 140 Å². The number of hydrogen-bond donors (Lipinski definition) is 0. The first-order valence-electron chi connectivity index (χ1n) is 7.26. The molecule has 0 saturated heterocycles. The van der Waals surface area contributed by atoms with E-state index < -0.39 is 0 Å². The second-order valence-electron chi connectivity index (χ2n) is 5.84. The molecule has 0 aliphatic carbocycles. The SMILES string of the molecule is CC(C)(C=CBr)COCc1cccc(Oc2ccccc2)c1. The van der Waals surface area contributed by atoms with Gasteiger partial charge in [0.2, 0.25) is 0 Å². The van der Waals surface area contributed by atoms with Gasteiger partial charge in [-0.15, -0.1) is 0 Å². The van der Waals surface area contributed by atoms with E-state index in [9.17, 15) is 0 Å². The topological polar surface area (TPSA) is 18.5 Å². The van der Waals surface area contributed by atoms with Crippen LogP contribution in [-0.2, 0) is 11.3 Å². The Balaban J connectivity index is 1.92. The van der Waals surface area contributed by atoms with E-state index in [0.29, 0.717) is 13.2 Å². The predicted molar refractivity (Wildman–Crippen MR) is 94.5 cm³/mol. The molecule has 116 valence electrons. The van der Waals surface area contributed by atoms with E-state index in [-0.39, 0.29) is 5.41 Å². The molecule has 0 heterocycles. The Morgan fingerprint density at radius 1 is 1.00 bits per heavy atom. The zero-order valence-corrected chi connectivity index (χ0v) is 14.5. The van der Waals surface area contributed by atoms with Crippen molar-refractivity contribution in [3.63, 3.8) is 0 Å². The molecule has 0 aromatic heterocycles. The van der Waals surface area contributed by atoms with Crippen LogP contribution in [0.4, 0.5) is 0 Å². The van der Waals surface area contributed by atoms with E-state index in [4.69, 9.17) is 9.47 Å². The first-order chi connectivity index (χ1) is 10.6. The van der Waals surface area contributed by atoms with Crippen LogP contribution in [-0.4, -0.2) is 6.61 Å². The summed E-state index contributed by atoms with van der Waals surface area (Å²) >= 11 is 3.31. The van der Waals surface area contributed by atoms with E-state index in [1.807, 2.05) is 59.6 Å². The first kappa shape index (κ1) is 16.8. The highest BCUT2D eigenvalue weighted by atomic mass is 79.9. The van der Waals surface area contributed by atoms with Crippen LogP contribution >= 0.6 is 15.9 Å². The van der Waals surface area contributed by atoms with Gasteiger partial charge in [0.05, 0.1) is 13.2 Å². The van der Waals surface area contributed by atoms with Crippen LogP contribution in [0.1, 0.15) is 19.4 Å². The Bertz CT molecular complexity index is 606. The summed E-state index contributed by atoms with van der Waals surface area (Å²) in [6.07, 6.45) is 2.09. The second kappa shape index (κ2) is 8.16. The molecule has 0 saturated carbocycles. The molecule has 2 aromatic rings. The summed E-state index contributed by atoms with van der Waals surface area (Å²) in [6, 6.07) is 17.8. The molecule has 0 fully saturated rings. The highest BCUT2D eigenvalue weighted by Gasteiger charge is 2.13. The number of hydrogen-bond acceptors (Lipinski definition) is 2. The fourth-order valence-corrected chi connectivity index (χ4v) is 2.69. The van der Waals surface area contributed by atoms with Crippen LogP contribution in [0.25, 0.3) is 0 Å². The minimum atomic E-state index is 0.0155. The quantitative estimate of drug-likeness (QED) is 0.608. The lowest BCUT2D eigenvalue weighted by atomic mass is 9.95. The molecule has 0 aliphatic heterocycles. The van der Waals surface area contributed by atoms with Crippen molar-refractivity contribution in [2.24, 2.45) is 5.41 Å². The van der Waals surface area contributed by atoms with Crippen LogP contribution in [0.15, 0.2) is 65.7 Å². The molecule has 0 amide bonds. The molecule has 0 unspecified atom stereocenters. The molecule has 0 N–H and O–H groups in total. The van der Waals surface area contributed by atoms with E-state index >= 15 is 0 Å². The summed E-state index contributed by atoms with van der Waals surface area (Å²) < 4.78 is 11.6. The summed E-state index contributed by atoms with van der Waals surface area (Å²) in [4.78, 5) is 1.88. The molecule has 0 aliphatic rings. The molecular weight excluding hydrogens is 340 g/mol. The maximum absolute atomic E-state index is 5.83. The van der Waals surface area contributed by atoms with Crippen molar-refractivity contribution in [2.75, 3.05) is 6.61 Å².